The molecule has 1 aromatic heterocycles. The van der Waals surface area contributed by atoms with Crippen LogP contribution in [-0.2, 0) is 0 Å². The van der Waals surface area contributed by atoms with Gasteiger partial charge >= 0.3 is 0 Å². The maximum absolute atomic E-state index is 12.0. The summed E-state index contributed by atoms with van der Waals surface area (Å²) in [5, 5.41) is 9.02. The molecule has 0 fully saturated rings. The zero-order valence-corrected chi connectivity index (χ0v) is 11.5. The Kier molecular flexibility index (Phi) is 4.24. The molecule has 1 amide bonds. The molecule has 0 spiro atoms. The second kappa shape index (κ2) is 6.10. The van der Waals surface area contributed by atoms with Crippen LogP contribution >= 0.6 is 0 Å². The Balaban J connectivity index is 2.04. The van der Waals surface area contributed by atoms with E-state index in [9.17, 15) is 4.79 Å². The van der Waals surface area contributed by atoms with E-state index in [0.29, 0.717) is 29.6 Å². The number of anilines is 2. The normalized spacial score (nSPS) is 10.6. The third-order valence-electron chi connectivity index (χ3n) is 2.57. The van der Waals surface area contributed by atoms with Crippen molar-refractivity contribution in [2.45, 2.75) is 13.8 Å². The molecule has 0 atom stereocenters. The average Bonchev–Trinajstić information content (AvgIpc) is 2.83. The Labute approximate surface area is 117 Å². The van der Waals surface area contributed by atoms with Crippen LogP contribution in [0.25, 0.3) is 0 Å². The lowest BCUT2D eigenvalue weighted by Gasteiger charge is -2.10. The maximum Gasteiger partial charge on any atom is 0.275 e. The number of hydrogen-bond donors (Lipinski definition) is 3. The number of H-pyrrole nitrogens is 1. The van der Waals surface area contributed by atoms with Gasteiger partial charge in [-0.2, -0.15) is 5.10 Å². The average molecular weight is 274 g/mol. The van der Waals surface area contributed by atoms with Crippen molar-refractivity contribution in [1.82, 2.24) is 10.2 Å². The molecule has 1 heterocycles. The number of amides is 1. The van der Waals surface area contributed by atoms with Crippen molar-refractivity contribution in [2.24, 2.45) is 5.92 Å². The lowest BCUT2D eigenvalue weighted by molar-refractivity contribution is 0.102. The van der Waals surface area contributed by atoms with Crippen LogP contribution in [0.5, 0.6) is 5.75 Å². The summed E-state index contributed by atoms with van der Waals surface area (Å²) >= 11 is 0. The highest BCUT2D eigenvalue weighted by Crippen LogP contribution is 2.19. The van der Waals surface area contributed by atoms with Crippen LogP contribution in [0.1, 0.15) is 24.3 Å². The molecular formula is C14H18N4O2. The van der Waals surface area contributed by atoms with Crippen molar-refractivity contribution in [1.29, 1.82) is 0 Å². The van der Waals surface area contributed by atoms with E-state index in [2.05, 4.69) is 29.4 Å². The van der Waals surface area contributed by atoms with Crippen LogP contribution in [0.4, 0.5) is 11.4 Å². The smallest absolute Gasteiger partial charge is 0.275 e. The first-order chi connectivity index (χ1) is 9.56. The summed E-state index contributed by atoms with van der Waals surface area (Å²) < 4.78 is 5.61. The van der Waals surface area contributed by atoms with Gasteiger partial charge in [-0.3, -0.25) is 9.89 Å². The summed E-state index contributed by atoms with van der Waals surface area (Å²) in [7, 11) is 0. The highest BCUT2D eigenvalue weighted by atomic mass is 16.5. The molecule has 6 nitrogen and oxygen atoms in total. The largest absolute Gasteiger partial charge is 0.493 e. The molecule has 1 aromatic carbocycles. The van der Waals surface area contributed by atoms with Crippen molar-refractivity contribution in [3.8, 4) is 5.75 Å². The van der Waals surface area contributed by atoms with Crippen molar-refractivity contribution in [3.63, 3.8) is 0 Å². The highest BCUT2D eigenvalue weighted by Gasteiger charge is 2.12. The molecule has 0 aliphatic heterocycles. The van der Waals surface area contributed by atoms with Gasteiger partial charge in [0.05, 0.1) is 18.5 Å². The molecule has 0 unspecified atom stereocenters. The Morgan fingerprint density at radius 1 is 1.50 bits per heavy atom. The van der Waals surface area contributed by atoms with Crippen LogP contribution in [-0.4, -0.2) is 22.7 Å². The van der Waals surface area contributed by atoms with Gasteiger partial charge in [0, 0.05) is 11.8 Å². The van der Waals surface area contributed by atoms with Crippen LogP contribution in [0, 0.1) is 5.92 Å². The van der Waals surface area contributed by atoms with E-state index in [0.717, 1.165) is 0 Å². The summed E-state index contributed by atoms with van der Waals surface area (Å²) in [6, 6.07) is 7.23. The van der Waals surface area contributed by atoms with Crippen molar-refractivity contribution in [3.05, 3.63) is 36.2 Å². The molecule has 0 radical (unpaired) electrons. The number of aromatic amines is 1. The van der Waals surface area contributed by atoms with Crippen LogP contribution in [0.15, 0.2) is 30.5 Å². The molecule has 2 aromatic rings. The molecule has 106 valence electrons. The fraction of sp³-hybridized carbons (Fsp3) is 0.286. The summed E-state index contributed by atoms with van der Waals surface area (Å²) in [5.74, 6) is 0.827. The second-order valence-electron chi connectivity index (χ2n) is 4.89. The first-order valence-corrected chi connectivity index (χ1v) is 6.39. The number of hydrogen-bond acceptors (Lipinski definition) is 4. The van der Waals surface area contributed by atoms with Crippen molar-refractivity contribution < 1.29 is 9.53 Å². The highest BCUT2D eigenvalue weighted by molar-refractivity contribution is 6.06. The molecule has 20 heavy (non-hydrogen) atoms. The van der Waals surface area contributed by atoms with E-state index in [1.54, 1.807) is 12.1 Å². The zero-order chi connectivity index (χ0) is 14.5. The quantitative estimate of drug-likeness (QED) is 0.779. The molecule has 4 N–H and O–H groups in total. The Bertz CT molecular complexity index is 592. The zero-order valence-electron chi connectivity index (χ0n) is 11.5. The summed E-state index contributed by atoms with van der Waals surface area (Å²) in [4.78, 5) is 12.0. The second-order valence-corrected chi connectivity index (χ2v) is 4.89. The van der Waals surface area contributed by atoms with Crippen molar-refractivity contribution >= 4 is 17.3 Å². The molecular weight excluding hydrogens is 256 g/mol. The van der Waals surface area contributed by atoms with E-state index < -0.39 is 0 Å². The minimum atomic E-state index is -0.332. The number of carbonyl (C=O) groups excluding carboxylic acids is 1. The lowest BCUT2D eigenvalue weighted by atomic mass is 10.2. The third-order valence-corrected chi connectivity index (χ3v) is 2.57. The Hall–Kier alpha value is -2.50. The van der Waals surface area contributed by atoms with E-state index in [4.69, 9.17) is 10.5 Å². The molecule has 2 rings (SSSR count). The van der Waals surface area contributed by atoms with E-state index in [1.807, 2.05) is 12.1 Å². The van der Waals surface area contributed by atoms with Gasteiger partial charge in [-0.15, -0.1) is 0 Å². The number of rotatable bonds is 5. The topological polar surface area (TPSA) is 93.0 Å². The number of nitrogens with one attached hydrogen (secondary N) is 2. The van der Waals surface area contributed by atoms with E-state index in [-0.39, 0.29) is 11.6 Å². The van der Waals surface area contributed by atoms with Gasteiger partial charge in [-0.1, -0.05) is 19.9 Å². The van der Waals surface area contributed by atoms with Gasteiger partial charge in [0.15, 0.2) is 0 Å². The molecule has 0 aliphatic rings. The van der Waals surface area contributed by atoms with Gasteiger partial charge < -0.3 is 15.8 Å². The SMILES string of the molecule is CC(C)COc1cccc(NC(=O)c2[nH]ncc2N)c1. The van der Waals surface area contributed by atoms with Gasteiger partial charge in [-0.25, -0.2) is 0 Å². The van der Waals surface area contributed by atoms with Gasteiger partial charge in [0.2, 0.25) is 0 Å². The molecule has 0 bridgehead atoms. The molecule has 0 aliphatic carbocycles. The number of nitrogen functional groups attached to an aromatic ring is 1. The molecule has 6 heteroatoms. The lowest BCUT2D eigenvalue weighted by Crippen LogP contribution is -2.14. The van der Waals surface area contributed by atoms with Gasteiger partial charge in [0.25, 0.3) is 5.91 Å². The Morgan fingerprint density at radius 2 is 2.30 bits per heavy atom. The number of benzene rings is 1. The predicted molar refractivity (Wildman–Crippen MR) is 77.7 cm³/mol. The number of aromatic nitrogens is 2. The monoisotopic (exact) mass is 274 g/mol. The number of nitrogens with zero attached hydrogens (tertiary/aromatic N) is 1. The van der Waals surface area contributed by atoms with E-state index >= 15 is 0 Å². The van der Waals surface area contributed by atoms with Crippen LogP contribution < -0.4 is 15.8 Å². The van der Waals surface area contributed by atoms with Gasteiger partial charge in [-0.05, 0) is 18.1 Å². The number of carbonyl (C=O) groups is 1. The summed E-state index contributed by atoms with van der Waals surface area (Å²) in [6.07, 6.45) is 1.40. The maximum atomic E-state index is 12.0. The first kappa shape index (κ1) is 13.9. The van der Waals surface area contributed by atoms with Crippen molar-refractivity contribution in [2.75, 3.05) is 17.7 Å². The summed E-state index contributed by atoms with van der Waals surface area (Å²) in [5.41, 5.74) is 6.83. The van der Waals surface area contributed by atoms with Gasteiger partial charge in [0.1, 0.15) is 11.4 Å². The molecule has 0 saturated heterocycles. The minimum absolute atomic E-state index is 0.249. The third kappa shape index (κ3) is 3.50. The standard InChI is InChI=1S/C14H18N4O2/c1-9(2)8-20-11-5-3-4-10(6-11)17-14(19)13-12(15)7-16-18-13/h3-7,9H,8,15H2,1-2H3,(H,16,18)(H,17,19). The fourth-order valence-electron chi connectivity index (χ4n) is 1.60. The van der Waals surface area contributed by atoms with Crippen LogP contribution in [0.3, 0.4) is 0 Å². The Morgan fingerprint density at radius 3 is 2.95 bits per heavy atom. The van der Waals surface area contributed by atoms with E-state index in [1.165, 1.54) is 6.20 Å². The first-order valence-electron chi connectivity index (χ1n) is 6.39. The number of ether oxygens (including phenoxy) is 1. The summed E-state index contributed by atoms with van der Waals surface area (Å²) in [6.45, 7) is 4.78. The minimum Gasteiger partial charge on any atom is -0.493 e. The fourth-order valence-corrected chi connectivity index (χ4v) is 1.60. The van der Waals surface area contributed by atoms with Crippen LogP contribution in [0.2, 0.25) is 0 Å². The number of nitrogens with two attached hydrogens (primary N) is 1. The predicted octanol–water partition coefficient (Wildman–Crippen LogP) is 2.28. The molecule has 0 saturated carbocycles.